The molecule has 0 fully saturated rings. The molecule has 0 N–H and O–H groups in total. The maximum absolute atomic E-state index is 12.5. The molecule has 0 aliphatic carbocycles. The Morgan fingerprint density at radius 1 is 1.05 bits per heavy atom. The third-order valence-electron chi connectivity index (χ3n) is 3.65. The van der Waals surface area contributed by atoms with Gasteiger partial charge in [-0.3, -0.25) is 4.79 Å². The molecule has 0 saturated carbocycles. The molecule has 0 aromatic heterocycles. The van der Waals surface area contributed by atoms with E-state index in [1.54, 1.807) is 0 Å². The minimum absolute atomic E-state index is 0.0142. The number of ether oxygens (including phenoxy) is 1. The van der Waals surface area contributed by atoms with E-state index in [0.717, 1.165) is 17.0 Å². The quantitative estimate of drug-likeness (QED) is 0.850. The maximum atomic E-state index is 12.5. The Bertz CT molecular complexity index is 668. The van der Waals surface area contributed by atoms with E-state index in [0.29, 0.717) is 13.2 Å². The first-order valence-electron chi connectivity index (χ1n) is 7.35. The van der Waals surface area contributed by atoms with Crippen LogP contribution < -0.4 is 4.74 Å². The van der Waals surface area contributed by atoms with Gasteiger partial charge in [0.15, 0.2) is 0 Å². The van der Waals surface area contributed by atoms with Gasteiger partial charge in [-0.1, -0.05) is 48.5 Å². The van der Waals surface area contributed by atoms with Crippen LogP contribution in [0.1, 0.15) is 18.4 Å². The van der Waals surface area contributed by atoms with Gasteiger partial charge in [0.1, 0.15) is 18.3 Å². The molecular weight excluding hydrogens is 276 g/mol. The van der Waals surface area contributed by atoms with Crippen molar-refractivity contribution in [3.8, 4) is 5.75 Å². The van der Waals surface area contributed by atoms with Gasteiger partial charge >= 0.3 is 0 Å². The van der Waals surface area contributed by atoms with Gasteiger partial charge in [0.25, 0.3) is 5.91 Å². The lowest BCUT2D eigenvalue weighted by atomic mass is 9.95. The lowest BCUT2D eigenvalue weighted by Gasteiger charge is -2.15. The molecule has 1 amide bonds. The molecular formula is C18H18N2O2. The Balaban J connectivity index is 1.61. The fourth-order valence-electron chi connectivity index (χ4n) is 2.58. The highest BCUT2D eigenvalue weighted by atomic mass is 16.5. The van der Waals surface area contributed by atoms with E-state index in [1.807, 2.05) is 67.6 Å². The van der Waals surface area contributed by atoms with Crippen molar-refractivity contribution >= 4 is 11.6 Å². The van der Waals surface area contributed by atoms with Crippen LogP contribution in [-0.2, 0) is 4.79 Å². The zero-order chi connectivity index (χ0) is 15.4. The van der Waals surface area contributed by atoms with Crippen molar-refractivity contribution in [2.45, 2.75) is 12.8 Å². The first-order chi connectivity index (χ1) is 10.8. The molecule has 112 valence electrons. The average Bonchev–Trinajstić information content (AvgIpc) is 2.83. The lowest BCUT2D eigenvalue weighted by Crippen LogP contribution is -2.29. The van der Waals surface area contributed by atoms with Gasteiger partial charge in [-0.25, -0.2) is 5.01 Å². The fraction of sp³-hybridized carbons (Fsp3) is 0.222. The van der Waals surface area contributed by atoms with Crippen molar-refractivity contribution in [2.24, 2.45) is 5.10 Å². The molecule has 0 saturated heterocycles. The topological polar surface area (TPSA) is 41.9 Å². The molecule has 22 heavy (non-hydrogen) atoms. The summed E-state index contributed by atoms with van der Waals surface area (Å²) in [7, 11) is 0. The molecule has 0 bridgehead atoms. The zero-order valence-electron chi connectivity index (χ0n) is 12.5. The van der Waals surface area contributed by atoms with Crippen LogP contribution >= 0.6 is 0 Å². The molecule has 4 nitrogen and oxygen atoms in total. The zero-order valence-corrected chi connectivity index (χ0v) is 12.5. The number of benzene rings is 2. The van der Waals surface area contributed by atoms with Crippen LogP contribution in [0.3, 0.4) is 0 Å². The number of carbonyl (C=O) groups is 1. The average molecular weight is 294 g/mol. The predicted molar refractivity (Wildman–Crippen MR) is 85.9 cm³/mol. The van der Waals surface area contributed by atoms with Crippen LogP contribution in [0.2, 0.25) is 0 Å². The molecule has 4 heteroatoms. The van der Waals surface area contributed by atoms with E-state index in [1.165, 1.54) is 5.01 Å². The van der Waals surface area contributed by atoms with Crippen molar-refractivity contribution in [3.05, 3.63) is 66.2 Å². The molecule has 1 unspecified atom stereocenters. The van der Waals surface area contributed by atoms with Crippen molar-refractivity contribution in [1.29, 1.82) is 0 Å². The van der Waals surface area contributed by atoms with Gasteiger partial charge < -0.3 is 4.74 Å². The number of hydrazone groups is 1. The number of carbonyl (C=O) groups excluding carboxylic acids is 1. The SMILES string of the molecule is CC1=NN(CCOc2ccccc2)C(=O)C1c1ccccc1. The highest BCUT2D eigenvalue weighted by molar-refractivity contribution is 6.11. The summed E-state index contributed by atoms with van der Waals surface area (Å²) >= 11 is 0. The summed E-state index contributed by atoms with van der Waals surface area (Å²) in [6.07, 6.45) is 0. The monoisotopic (exact) mass is 294 g/mol. The van der Waals surface area contributed by atoms with Crippen molar-refractivity contribution in [3.63, 3.8) is 0 Å². The second-order valence-electron chi connectivity index (χ2n) is 5.21. The van der Waals surface area contributed by atoms with Crippen LogP contribution in [-0.4, -0.2) is 29.8 Å². The van der Waals surface area contributed by atoms with Crippen LogP contribution in [0.5, 0.6) is 5.75 Å². The second-order valence-corrected chi connectivity index (χ2v) is 5.21. The molecule has 2 aromatic carbocycles. The van der Waals surface area contributed by atoms with E-state index < -0.39 is 0 Å². The van der Waals surface area contributed by atoms with Crippen molar-refractivity contribution < 1.29 is 9.53 Å². The summed E-state index contributed by atoms with van der Waals surface area (Å²) in [4.78, 5) is 12.5. The fourth-order valence-corrected chi connectivity index (χ4v) is 2.58. The standard InChI is InChI=1S/C18H18N2O2/c1-14-17(15-8-4-2-5-9-15)18(21)20(19-14)12-13-22-16-10-6-3-7-11-16/h2-11,17H,12-13H2,1H3. The second kappa shape index (κ2) is 6.43. The molecule has 1 heterocycles. The Morgan fingerprint density at radius 2 is 1.68 bits per heavy atom. The van der Waals surface area contributed by atoms with Crippen LogP contribution in [0.25, 0.3) is 0 Å². The lowest BCUT2D eigenvalue weighted by molar-refractivity contribution is -0.130. The van der Waals surface area contributed by atoms with E-state index in [9.17, 15) is 4.79 Å². The molecule has 1 atom stereocenters. The van der Waals surface area contributed by atoms with Gasteiger partial charge in [-0.15, -0.1) is 0 Å². The van der Waals surface area contributed by atoms with Gasteiger partial charge in [0.05, 0.1) is 12.3 Å². The molecule has 1 aliphatic heterocycles. The number of rotatable bonds is 5. The van der Waals surface area contributed by atoms with Gasteiger partial charge in [-0.2, -0.15) is 5.10 Å². The number of amides is 1. The van der Waals surface area contributed by atoms with E-state index in [2.05, 4.69) is 5.10 Å². The van der Waals surface area contributed by atoms with Crippen LogP contribution in [0.15, 0.2) is 65.8 Å². The summed E-state index contributed by atoms with van der Waals surface area (Å²) in [6.45, 7) is 2.77. The van der Waals surface area contributed by atoms with E-state index in [4.69, 9.17) is 4.74 Å². The number of nitrogens with zero attached hydrogens (tertiary/aromatic N) is 2. The third kappa shape index (κ3) is 3.01. The first kappa shape index (κ1) is 14.3. The predicted octanol–water partition coefficient (Wildman–Crippen LogP) is 3.07. The van der Waals surface area contributed by atoms with Gasteiger partial charge in [0, 0.05) is 0 Å². The number of para-hydroxylation sites is 1. The molecule has 0 radical (unpaired) electrons. The first-order valence-corrected chi connectivity index (χ1v) is 7.35. The molecule has 0 spiro atoms. The highest BCUT2D eigenvalue weighted by Gasteiger charge is 2.34. The summed E-state index contributed by atoms with van der Waals surface area (Å²) in [6, 6.07) is 19.3. The van der Waals surface area contributed by atoms with E-state index >= 15 is 0 Å². The maximum Gasteiger partial charge on any atom is 0.256 e. The minimum atomic E-state index is -0.266. The highest BCUT2D eigenvalue weighted by Crippen LogP contribution is 2.26. The van der Waals surface area contributed by atoms with Crippen molar-refractivity contribution in [2.75, 3.05) is 13.2 Å². The van der Waals surface area contributed by atoms with Gasteiger partial charge in [-0.05, 0) is 24.6 Å². The van der Waals surface area contributed by atoms with Crippen LogP contribution in [0, 0.1) is 0 Å². The Hall–Kier alpha value is -2.62. The van der Waals surface area contributed by atoms with Gasteiger partial charge in [0.2, 0.25) is 0 Å². The van der Waals surface area contributed by atoms with Crippen LogP contribution in [0.4, 0.5) is 0 Å². The van der Waals surface area contributed by atoms with E-state index in [-0.39, 0.29) is 11.8 Å². The minimum Gasteiger partial charge on any atom is -0.492 e. The smallest absolute Gasteiger partial charge is 0.256 e. The Morgan fingerprint density at radius 3 is 2.36 bits per heavy atom. The third-order valence-corrected chi connectivity index (χ3v) is 3.65. The Labute approximate surface area is 130 Å². The molecule has 2 aromatic rings. The summed E-state index contributed by atoms with van der Waals surface area (Å²) in [5.74, 6) is 0.549. The summed E-state index contributed by atoms with van der Waals surface area (Å²) in [5, 5.41) is 5.89. The van der Waals surface area contributed by atoms with Crippen molar-refractivity contribution in [1.82, 2.24) is 5.01 Å². The normalized spacial score (nSPS) is 17.5. The summed E-state index contributed by atoms with van der Waals surface area (Å²) in [5.41, 5.74) is 1.82. The molecule has 1 aliphatic rings. The molecule has 3 rings (SSSR count). The Kier molecular flexibility index (Phi) is 4.19. The number of hydrogen-bond acceptors (Lipinski definition) is 3. The summed E-state index contributed by atoms with van der Waals surface area (Å²) < 4.78 is 5.63. The largest absolute Gasteiger partial charge is 0.492 e. The number of hydrogen-bond donors (Lipinski definition) is 0.